The van der Waals surface area contributed by atoms with Crippen molar-refractivity contribution in [3.63, 3.8) is 0 Å². The number of benzene rings is 1. The molecule has 0 saturated carbocycles. The predicted molar refractivity (Wildman–Crippen MR) is 64.9 cm³/mol. The summed E-state index contributed by atoms with van der Waals surface area (Å²) in [7, 11) is 0. The molecule has 1 aromatic carbocycles. The van der Waals surface area contributed by atoms with E-state index in [0.717, 1.165) is 16.8 Å². The molecular weight excluding hydrogens is 273 g/mol. The van der Waals surface area contributed by atoms with Crippen molar-refractivity contribution in [1.82, 2.24) is 0 Å². The van der Waals surface area contributed by atoms with Gasteiger partial charge in [-0.15, -0.1) is 0 Å². The van der Waals surface area contributed by atoms with E-state index in [2.05, 4.69) is 21.2 Å². The molecule has 16 heavy (non-hydrogen) atoms. The summed E-state index contributed by atoms with van der Waals surface area (Å²) in [5, 5.41) is 3.23. The fraction of sp³-hybridized carbons (Fsp3) is 0.167. The molecule has 0 bridgehead atoms. The molecule has 0 spiro atoms. The van der Waals surface area contributed by atoms with E-state index in [1.165, 1.54) is 6.07 Å². The highest BCUT2D eigenvalue weighted by Crippen LogP contribution is 2.24. The molecule has 0 fully saturated rings. The zero-order valence-corrected chi connectivity index (χ0v) is 10.3. The van der Waals surface area contributed by atoms with E-state index in [0.29, 0.717) is 11.0 Å². The number of hydrogen-bond acceptors (Lipinski definition) is 2. The van der Waals surface area contributed by atoms with Crippen LogP contribution in [0.4, 0.5) is 10.1 Å². The van der Waals surface area contributed by atoms with Crippen LogP contribution < -0.4 is 5.32 Å². The molecule has 0 aliphatic rings. The first-order chi connectivity index (χ1) is 7.66. The van der Waals surface area contributed by atoms with E-state index in [-0.39, 0.29) is 5.82 Å². The van der Waals surface area contributed by atoms with Crippen molar-refractivity contribution in [2.24, 2.45) is 0 Å². The highest BCUT2D eigenvalue weighted by atomic mass is 79.9. The number of hydrogen-bond donors (Lipinski definition) is 1. The van der Waals surface area contributed by atoms with Crippen LogP contribution in [0.15, 0.2) is 39.6 Å². The first kappa shape index (κ1) is 11.2. The Morgan fingerprint density at radius 1 is 1.44 bits per heavy atom. The molecule has 1 heterocycles. The summed E-state index contributed by atoms with van der Waals surface area (Å²) in [5.41, 5.74) is 2.85. The molecule has 4 heteroatoms. The number of aryl methyl sites for hydroxylation is 1. The Kier molecular flexibility index (Phi) is 3.29. The molecule has 0 aliphatic carbocycles. The van der Waals surface area contributed by atoms with Gasteiger partial charge in [0.05, 0.1) is 17.0 Å². The summed E-state index contributed by atoms with van der Waals surface area (Å²) in [6, 6.07) is 5.13. The Balaban J connectivity index is 2.12. The normalized spacial score (nSPS) is 10.4. The SMILES string of the molecule is Cc1cc(F)c(Br)cc1NCc1ccoc1. The fourth-order valence-corrected chi connectivity index (χ4v) is 1.77. The third-order valence-electron chi connectivity index (χ3n) is 2.33. The maximum Gasteiger partial charge on any atom is 0.137 e. The molecular formula is C12H11BrFNO. The summed E-state index contributed by atoms with van der Waals surface area (Å²) in [6.07, 6.45) is 3.31. The van der Waals surface area contributed by atoms with Crippen LogP contribution in [-0.4, -0.2) is 0 Å². The molecule has 0 amide bonds. The van der Waals surface area contributed by atoms with Gasteiger partial charge in [0.2, 0.25) is 0 Å². The fourth-order valence-electron chi connectivity index (χ4n) is 1.43. The second-order valence-electron chi connectivity index (χ2n) is 3.57. The van der Waals surface area contributed by atoms with Crippen LogP contribution in [0.5, 0.6) is 0 Å². The summed E-state index contributed by atoms with van der Waals surface area (Å²) in [5.74, 6) is -0.244. The number of nitrogens with one attached hydrogen (secondary N) is 1. The van der Waals surface area contributed by atoms with Crippen molar-refractivity contribution >= 4 is 21.6 Å². The molecule has 0 radical (unpaired) electrons. The Bertz CT molecular complexity index is 482. The standard InChI is InChI=1S/C12H11BrFNO/c1-8-4-11(14)10(13)5-12(8)15-6-9-2-3-16-7-9/h2-5,7,15H,6H2,1H3. The van der Waals surface area contributed by atoms with Crippen LogP contribution in [0.3, 0.4) is 0 Å². The average Bonchev–Trinajstić information content (AvgIpc) is 2.74. The zero-order chi connectivity index (χ0) is 11.5. The van der Waals surface area contributed by atoms with E-state index in [4.69, 9.17) is 4.42 Å². The molecule has 0 saturated heterocycles. The average molecular weight is 284 g/mol. The quantitative estimate of drug-likeness (QED) is 0.917. The minimum Gasteiger partial charge on any atom is -0.472 e. The van der Waals surface area contributed by atoms with Gasteiger partial charge in [0, 0.05) is 17.8 Å². The highest BCUT2D eigenvalue weighted by Gasteiger charge is 2.05. The Morgan fingerprint density at radius 2 is 2.25 bits per heavy atom. The first-order valence-electron chi connectivity index (χ1n) is 4.87. The van der Waals surface area contributed by atoms with Gasteiger partial charge in [0.1, 0.15) is 5.82 Å². The van der Waals surface area contributed by atoms with Crippen molar-refractivity contribution in [3.8, 4) is 0 Å². The zero-order valence-electron chi connectivity index (χ0n) is 8.76. The second kappa shape index (κ2) is 4.70. The minimum atomic E-state index is -0.244. The molecule has 1 N–H and O–H groups in total. The second-order valence-corrected chi connectivity index (χ2v) is 4.42. The molecule has 0 aliphatic heterocycles. The minimum absolute atomic E-state index is 0.244. The van der Waals surface area contributed by atoms with Gasteiger partial charge in [-0.05, 0) is 46.6 Å². The van der Waals surface area contributed by atoms with Crippen LogP contribution in [0.1, 0.15) is 11.1 Å². The summed E-state index contributed by atoms with van der Waals surface area (Å²) in [6.45, 7) is 2.53. The van der Waals surface area contributed by atoms with Gasteiger partial charge in [-0.25, -0.2) is 4.39 Å². The highest BCUT2D eigenvalue weighted by molar-refractivity contribution is 9.10. The van der Waals surface area contributed by atoms with E-state index in [1.54, 1.807) is 18.6 Å². The largest absolute Gasteiger partial charge is 0.472 e. The van der Waals surface area contributed by atoms with Crippen LogP contribution in [0.25, 0.3) is 0 Å². The lowest BCUT2D eigenvalue weighted by molar-refractivity contribution is 0.564. The van der Waals surface area contributed by atoms with Crippen molar-refractivity contribution in [1.29, 1.82) is 0 Å². The predicted octanol–water partition coefficient (Wildman–Crippen LogP) is 4.10. The van der Waals surface area contributed by atoms with Crippen molar-refractivity contribution in [3.05, 3.63) is 52.1 Å². The van der Waals surface area contributed by atoms with E-state index in [1.807, 2.05) is 13.0 Å². The van der Waals surface area contributed by atoms with Crippen molar-refractivity contribution in [2.75, 3.05) is 5.32 Å². The molecule has 2 nitrogen and oxygen atoms in total. The van der Waals surface area contributed by atoms with Crippen LogP contribution in [0.2, 0.25) is 0 Å². The van der Waals surface area contributed by atoms with Crippen LogP contribution in [-0.2, 0) is 6.54 Å². The number of halogens is 2. The number of anilines is 1. The van der Waals surface area contributed by atoms with Crippen molar-refractivity contribution < 1.29 is 8.81 Å². The Hall–Kier alpha value is -1.29. The summed E-state index contributed by atoms with van der Waals surface area (Å²) in [4.78, 5) is 0. The maximum absolute atomic E-state index is 13.2. The molecule has 84 valence electrons. The lowest BCUT2D eigenvalue weighted by Gasteiger charge is -2.09. The van der Waals surface area contributed by atoms with E-state index in [9.17, 15) is 4.39 Å². The number of furan rings is 1. The summed E-state index contributed by atoms with van der Waals surface area (Å²) < 4.78 is 18.6. The lowest BCUT2D eigenvalue weighted by Crippen LogP contribution is -2.00. The monoisotopic (exact) mass is 283 g/mol. The Morgan fingerprint density at radius 3 is 2.94 bits per heavy atom. The van der Waals surface area contributed by atoms with Gasteiger partial charge in [-0.3, -0.25) is 0 Å². The molecule has 1 aromatic heterocycles. The molecule has 2 rings (SSSR count). The first-order valence-corrected chi connectivity index (χ1v) is 5.66. The van der Waals surface area contributed by atoms with Crippen LogP contribution >= 0.6 is 15.9 Å². The maximum atomic E-state index is 13.2. The van der Waals surface area contributed by atoms with Gasteiger partial charge in [0.25, 0.3) is 0 Å². The van der Waals surface area contributed by atoms with Gasteiger partial charge < -0.3 is 9.73 Å². The van der Waals surface area contributed by atoms with E-state index < -0.39 is 0 Å². The number of rotatable bonds is 3. The third kappa shape index (κ3) is 2.44. The summed E-state index contributed by atoms with van der Waals surface area (Å²) >= 11 is 3.17. The van der Waals surface area contributed by atoms with Gasteiger partial charge in [-0.1, -0.05) is 0 Å². The Labute approximate surface area is 102 Å². The van der Waals surface area contributed by atoms with Gasteiger partial charge in [-0.2, -0.15) is 0 Å². The lowest BCUT2D eigenvalue weighted by atomic mass is 10.2. The van der Waals surface area contributed by atoms with Crippen LogP contribution in [0, 0.1) is 12.7 Å². The van der Waals surface area contributed by atoms with Crippen molar-refractivity contribution in [2.45, 2.75) is 13.5 Å². The van der Waals surface area contributed by atoms with Gasteiger partial charge in [0.15, 0.2) is 0 Å². The van der Waals surface area contributed by atoms with Gasteiger partial charge >= 0.3 is 0 Å². The molecule has 0 unspecified atom stereocenters. The topological polar surface area (TPSA) is 25.2 Å². The van der Waals surface area contributed by atoms with E-state index >= 15 is 0 Å². The molecule has 2 aromatic rings. The smallest absolute Gasteiger partial charge is 0.137 e. The third-order valence-corrected chi connectivity index (χ3v) is 2.94. The molecule has 0 atom stereocenters.